The van der Waals surface area contributed by atoms with Gasteiger partial charge in [-0.05, 0) is 13.0 Å². The predicted molar refractivity (Wildman–Crippen MR) is 43.5 cm³/mol. The SMILES string of the molecule is C/C(=N\O)c1ccnn(C)c1=O. The van der Waals surface area contributed by atoms with Crippen LogP contribution in [0.3, 0.4) is 0 Å². The third-order valence-corrected chi connectivity index (χ3v) is 1.55. The summed E-state index contributed by atoms with van der Waals surface area (Å²) in [5.41, 5.74) is 0.376. The monoisotopic (exact) mass is 167 g/mol. The molecule has 0 radical (unpaired) electrons. The molecule has 0 atom stereocenters. The van der Waals surface area contributed by atoms with Crippen LogP contribution in [0.2, 0.25) is 0 Å². The summed E-state index contributed by atoms with van der Waals surface area (Å²) in [5.74, 6) is 0. The Labute approximate surface area is 68.9 Å². The number of hydrogen-bond donors (Lipinski definition) is 1. The van der Waals surface area contributed by atoms with Crippen molar-refractivity contribution >= 4 is 5.71 Å². The van der Waals surface area contributed by atoms with E-state index in [0.717, 1.165) is 0 Å². The molecule has 0 aliphatic heterocycles. The van der Waals surface area contributed by atoms with Gasteiger partial charge in [-0.1, -0.05) is 5.16 Å². The Morgan fingerprint density at radius 1 is 1.75 bits per heavy atom. The molecule has 5 nitrogen and oxygen atoms in total. The lowest BCUT2D eigenvalue weighted by atomic mass is 10.2. The summed E-state index contributed by atoms with van der Waals surface area (Å²) in [4.78, 5) is 11.3. The Bertz CT molecular complexity index is 367. The molecule has 0 fully saturated rings. The van der Waals surface area contributed by atoms with E-state index >= 15 is 0 Å². The van der Waals surface area contributed by atoms with Crippen molar-refractivity contribution in [2.45, 2.75) is 6.92 Å². The van der Waals surface area contributed by atoms with Gasteiger partial charge in [-0.25, -0.2) is 4.68 Å². The molecule has 64 valence electrons. The predicted octanol–water partition coefficient (Wildman–Crippen LogP) is -0.0215. The summed E-state index contributed by atoms with van der Waals surface area (Å²) in [6.07, 6.45) is 1.48. The molecule has 1 aromatic rings. The van der Waals surface area contributed by atoms with Crippen molar-refractivity contribution in [3.8, 4) is 0 Å². The fraction of sp³-hybridized carbons (Fsp3) is 0.286. The summed E-state index contributed by atoms with van der Waals surface area (Å²) in [7, 11) is 1.54. The van der Waals surface area contributed by atoms with Gasteiger partial charge in [-0.2, -0.15) is 5.10 Å². The molecule has 1 heterocycles. The number of oxime groups is 1. The molecule has 0 unspecified atom stereocenters. The third-order valence-electron chi connectivity index (χ3n) is 1.55. The summed E-state index contributed by atoms with van der Waals surface area (Å²) in [5, 5.41) is 15.1. The highest BCUT2D eigenvalue weighted by atomic mass is 16.4. The summed E-state index contributed by atoms with van der Waals surface area (Å²) in [6, 6.07) is 1.51. The second kappa shape index (κ2) is 3.17. The van der Waals surface area contributed by atoms with Gasteiger partial charge < -0.3 is 5.21 Å². The molecule has 0 aliphatic rings. The average molecular weight is 167 g/mol. The molecule has 0 saturated carbocycles. The van der Waals surface area contributed by atoms with Crippen molar-refractivity contribution in [1.29, 1.82) is 0 Å². The highest BCUT2D eigenvalue weighted by molar-refractivity contribution is 5.97. The van der Waals surface area contributed by atoms with E-state index in [4.69, 9.17) is 5.21 Å². The highest BCUT2D eigenvalue weighted by Crippen LogP contribution is 1.90. The van der Waals surface area contributed by atoms with E-state index in [2.05, 4.69) is 10.3 Å². The second-order valence-electron chi connectivity index (χ2n) is 2.36. The lowest BCUT2D eigenvalue weighted by Crippen LogP contribution is -2.24. The Kier molecular flexibility index (Phi) is 2.23. The van der Waals surface area contributed by atoms with Gasteiger partial charge in [-0.3, -0.25) is 4.79 Å². The van der Waals surface area contributed by atoms with Gasteiger partial charge in [0, 0.05) is 13.2 Å². The fourth-order valence-electron chi connectivity index (χ4n) is 0.835. The average Bonchev–Trinajstić information content (AvgIpc) is 2.08. The maximum absolute atomic E-state index is 11.3. The molecule has 5 heteroatoms. The van der Waals surface area contributed by atoms with Crippen molar-refractivity contribution in [3.05, 3.63) is 28.2 Å². The number of aryl methyl sites for hydroxylation is 1. The van der Waals surface area contributed by atoms with Crippen LogP contribution in [0.5, 0.6) is 0 Å². The first-order valence-electron chi connectivity index (χ1n) is 3.38. The molecule has 12 heavy (non-hydrogen) atoms. The van der Waals surface area contributed by atoms with Crippen LogP contribution in [-0.2, 0) is 7.05 Å². The number of nitrogens with zero attached hydrogens (tertiary/aromatic N) is 3. The zero-order valence-corrected chi connectivity index (χ0v) is 6.85. The van der Waals surface area contributed by atoms with E-state index < -0.39 is 0 Å². The molecule has 0 amide bonds. The largest absolute Gasteiger partial charge is 0.411 e. The molecular weight excluding hydrogens is 158 g/mol. The first-order valence-corrected chi connectivity index (χ1v) is 3.38. The Morgan fingerprint density at radius 2 is 2.42 bits per heavy atom. The first-order chi connectivity index (χ1) is 5.66. The van der Waals surface area contributed by atoms with E-state index in [1.807, 2.05) is 0 Å². The van der Waals surface area contributed by atoms with Crippen LogP contribution in [0.1, 0.15) is 12.5 Å². The van der Waals surface area contributed by atoms with E-state index in [1.54, 1.807) is 6.92 Å². The summed E-state index contributed by atoms with van der Waals surface area (Å²) < 4.78 is 1.18. The topological polar surface area (TPSA) is 67.5 Å². The van der Waals surface area contributed by atoms with Crippen molar-refractivity contribution in [3.63, 3.8) is 0 Å². The second-order valence-corrected chi connectivity index (χ2v) is 2.36. The van der Waals surface area contributed by atoms with E-state index in [1.165, 1.54) is 24.0 Å². The lowest BCUT2D eigenvalue weighted by molar-refractivity contribution is 0.319. The highest BCUT2D eigenvalue weighted by Gasteiger charge is 2.04. The normalized spacial score (nSPS) is 11.7. The maximum atomic E-state index is 11.3. The number of hydrogen-bond acceptors (Lipinski definition) is 4. The van der Waals surface area contributed by atoms with Gasteiger partial charge in [0.25, 0.3) is 5.56 Å². The minimum atomic E-state index is -0.271. The summed E-state index contributed by atoms with van der Waals surface area (Å²) in [6.45, 7) is 1.55. The Hall–Kier alpha value is -1.65. The molecule has 0 aliphatic carbocycles. The van der Waals surface area contributed by atoms with Crippen LogP contribution in [0.15, 0.2) is 22.2 Å². The molecule has 1 rings (SSSR count). The zero-order chi connectivity index (χ0) is 9.14. The van der Waals surface area contributed by atoms with Gasteiger partial charge in [0.2, 0.25) is 0 Å². The molecule has 0 spiro atoms. The van der Waals surface area contributed by atoms with Crippen LogP contribution in [0, 0.1) is 0 Å². The summed E-state index contributed by atoms with van der Waals surface area (Å²) >= 11 is 0. The van der Waals surface area contributed by atoms with Crippen LogP contribution in [-0.4, -0.2) is 20.7 Å². The van der Waals surface area contributed by atoms with Gasteiger partial charge in [0.05, 0.1) is 11.3 Å². The van der Waals surface area contributed by atoms with Crippen LogP contribution >= 0.6 is 0 Å². The number of aromatic nitrogens is 2. The quantitative estimate of drug-likeness (QED) is 0.363. The number of rotatable bonds is 1. The van der Waals surface area contributed by atoms with E-state index in [-0.39, 0.29) is 11.3 Å². The molecular formula is C7H9N3O2. The standard InChI is InChI=1S/C7H9N3O2/c1-5(9-12)6-3-4-8-10(2)7(6)11/h3-4,12H,1-2H3/b9-5+. The van der Waals surface area contributed by atoms with Crippen LogP contribution in [0.25, 0.3) is 0 Å². The molecule has 0 aromatic carbocycles. The van der Waals surface area contributed by atoms with E-state index in [9.17, 15) is 4.79 Å². The molecule has 0 saturated heterocycles. The van der Waals surface area contributed by atoms with Gasteiger partial charge >= 0.3 is 0 Å². The lowest BCUT2D eigenvalue weighted by Gasteiger charge is -1.98. The first kappa shape index (κ1) is 8.45. The molecule has 1 N–H and O–H groups in total. The Morgan fingerprint density at radius 3 is 3.00 bits per heavy atom. The van der Waals surface area contributed by atoms with Gasteiger partial charge in [0.1, 0.15) is 0 Å². The van der Waals surface area contributed by atoms with Gasteiger partial charge in [0.15, 0.2) is 0 Å². The minimum absolute atomic E-state index is 0.271. The minimum Gasteiger partial charge on any atom is -0.411 e. The molecule has 1 aromatic heterocycles. The third kappa shape index (κ3) is 1.34. The molecule has 0 bridgehead atoms. The van der Waals surface area contributed by atoms with Crippen molar-refractivity contribution in [2.24, 2.45) is 12.2 Å². The Balaban J connectivity index is 3.36. The van der Waals surface area contributed by atoms with Crippen molar-refractivity contribution < 1.29 is 5.21 Å². The van der Waals surface area contributed by atoms with Crippen molar-refractivity contribution in [2.75, 3.05) is 0 Å². The smallest absolute Gasteiger partial charge is 0.275 e. The van der Waals surface area contributed by atoms with Crippen LogP contribution in [0.4, 0.5) is 0 Å². The van der Waals surface area contributed by atoms with Gasteiger partial charge in [-0.15, -0.1) is 0 Å². The zero-order valence-electron chi connectivity index (χ0n) is 6.85. The maximum Gasteiger partial charge on any atom is 0.275 e. The fourth-order valence-corrected chi connectivity index (χ4v) is 0.835. The van der Waals surface area contributed by atoms with Crippen LogP contribution < -0.4 is 5.56 Å². The van der Waals surface area contributed by atoms with E-state index in [0.29, 0.717) is 5.56 Å². The van der Waals surface area contributed by atoms with Crippen molar-refractivity contribution in [1.82, 2.24) is 9.78 Å².